The van der Waals surface area contributed by atoms with Crippen molar-refractivity contribution < 1.29 is 23.5 Å². The normalized spacial score (nSPS) is 15.2. The Balaban J connectivity index is 1.38. The van der Waals surface area contributed by atoms with Crippen LogP contribution in [0.5, 0.6) is 11.8 Å². The second kappa shape index (κ2) is 9.89. The molecule has 1 aromatic carbocycles. The molecule has 1 aliphatic heterocycles. The van der Waals surface area contributed by atoms with Crippen molar-refractivity contribution in [2.75, 3.05) is 13.1 Å². The van der Waals surface area contributed by atoms with Gasteiger partial charge in [-0.05, 0) is 39.8 Å². The molecule has 9 nitrogen and oxygen atoms in total. The minimum absolute atomic E-state index is 0.0599. The van der Waals surface area contributed by atoms with E-state index in [1.165, 1.54) is 6.33 Å². The van der Waals surface area contributed by atoms with Gasteiger partial charge in [0.05, 0.1) is 11.7 Å². The highest BCUT2D eigenvalue weighted by atomic mass is 16.6. The van der Waals surface area contributed by atoms with Gasteiger partial charge in [0.15, 0.2) is 5.76 Å². The number of hydrogen-bond acceptors (Lipinski definition) is 8. The largest absolute Gasteiger partial charge is 0.474 e. The summed E-state index contributed by atoms with van der Waals surface area (Å²) in [6.07, 6.45) is 2.29. The number of likely N-dealkylation sites (tertiary alicyclic amines) is 1. The lowest BCUT2D eigenvalue weighted by molar-refractivity contribution is 0.0504. The van der Waals surface area contributed by atoms with Gasteiger partial charge in [0.25, 0.3) is 5.88 Å². The summed E-state index contributed by atoms with van der Waals surface area (Å²) in [5, 5.41) is 5.18. The van der Waals surface area contributed by atoms with Gasteiger partial charge in [-0.15, -0.1) is 0 Å². The van der Waals surface area contributed by atoms with Gasteiger partial charge in [-0.1, -0.05) is 23.4 Å². The number of piperidine rings is 1. The number of oxime groups is 1. The summed E-state index contributed by atoms with van der Waals surface area (Å²) in [5.74, 6) is 1.38. The van der Waals surface area contributed by atoms with E-state index >= 15 is 0 Å². The molecule has 33 heavy (non-hydrogen) atoms. The topological polar surface area (TPSA) is 99.3 Å². The van der Waals surface area contributed by atoms with E-state index in [2.05, 4.69) is 15.1 Å². The molecule has 3 heterocycles. The Morgan fingerprint density at radius 1 is 1.18 bits per heavy atom. The summed E-state index contributed by atoms with van der Waals surface area (Å²) >= 11 is 0. The van der Waals surface area contributed by atoms with Crippen molar-refractivity contribution in [3.63, 3.8) is 0 Å². The summed E-state index contributed by atoms with van der Waals surface area (Å²) in [5.41, 5.74) is 2.03. The van der Waals surface area contributed by atoms with Crippen molar-refractivity contribution in [2.24, 2.45) is 5.16 Å². The highest BCUT2D eigenvalue weighted by molar-refractivity contribution is 5.99. The van der Waals surface area contributed by atoms with Crippen LogP contribution in [-0.2, 0) is 4.74 Å². The molecule has 0 radical (unpaired) electrons. The fraction of sp³-hybridized carbons (Fsp3) is 0.417. The van der Waals surface area contributed by atoms with E-state index in [1.54, 1.807) is 4.90 Å². The second-order valence-corrected chi connectivity index (χ2v) is 8.26. The fourth-order valence-electron chi connectivity index (χ4n) is 3.54. The maximum Gasteiger partial charge on any atom is 0.410 e. The molecule has 1 fully saturated rings. The number of para-hydroxylation sites is 1. The molecule has 0 N–H and O–H groups in total. The molecule has 0 unspecified atom stereocenters. The smallest absolute Gasteiger partial charge is 0.410 e. The van der Waals surface area contributed by atoms with E-state index in [9.17, 15) is 4.79 Å². The first-order chi connectivity index (χ1) is 15.9. The molecule has 0 bridgehead atoms. The van der Waals surface area contributed by atoms with Crippen molar-refractivity contribution in [3.8, 4) is 11.8 Å². The predicted molar refractivity (Wildman–Crippen MR) is 123 cm³/mol. The van der Waals surface area contributed by atoms with Crippen LogP contribution in [0.15, 0.2) is 46.2 Å². The number of aromatic nitrogens is 2. The summed E-state index contributed by atoms with van der Waals surface area (Å²) in [6, 6.07) is 9.68. The second-order valence-electron chi connectivity index (χ2n) is 8.26. The zero-order valence-corrected chi connectivity index (χ0v) is 19.3. The van der Waals surface area contributed by atoms with Gasteiger partial charge in [-0.25, -0.2) is 9.78 Å². The summed E-state index contributed by atoms with van der Waals surface area (Å²) in [4.78, 5) is 27.8. The molecule has 0 saturated carbocycles. The molecular weight excluding hydrogens is 424 g/mol. The SMILES string of the molecule is C/C(=N/Oc1ncnc(OC2CCN(C(=O)OC(C)C)CC2)c1C)c1cc2ccccc2o1. The van der Waals surface area contributed by atoms with Crippen molar-refractivity contribution in [2.45, 2.75) is 52.7 Å². The number of fused-ring (bicyclic) bond motifs is 1. The minimum atomic E-state index is -0.282. The number of benzene rings is 1. The molecule has 1 amide bonds. The Morgan fingerprint density at radius 2 is 1.91 bits per heavy atom. The minimum Gasteiger partial charge on any atom is -0.474 e. The van der Waals surface area contributed by atoms with Gasteiger partial charge in [0.2, 0.25) is 5.88 Å². The van der Waals surface area contributed by atoms with E-state index in [0.717, 1.165) is 11.0 Å². The quantitative estimate of drug-likeness (QED) is 0.394. The van der Waals surface area contributed by atoms with Crippen molar-refractivity contribution in [1.29, 1.82) is 0 Å². The first-order valence-electron chi connectivity index (χ1n) is 11.0. The number of carbonyl (C=O) groups excluding carboxylic acids is 1. The molecule has 0 aliphatic carbocycles. The molecule has 0 atom stereocenters. The zero-order valence-electron chi connectivity index (χ0n) is 19.3. The number of hydrogen-bond donors (Lipinski definition) is 0. The monoisotopic (exact) mass is 452 g/mol. The Kier molecular flexibility index (Phi) is 6.76. The lowest BCUT2D eigenvalue weighted by Crippen LogP contribution is -2.42. The fourth-order valence-corrected chi connectivity index (χ4v) is 3.54. The first kappa shape index (κ1) is 22.6. The summed E-state index contributed by atoms with van der Waals surface area (Å²) in [6.45, 7) is 8.46. The molecule has 2 aromatic heterocycles. The van der Waals surface area contributed by atoms with Gasteiger partial charge in [0, 0.05) is 31.3 Å². The Labute approximate surface area is 192 Å². The van der Waals surface area contributed by atoms with Crippen LogP contribution in [-0.4, -0.2) is 52.0 Å². The average molecular weight is 453 g/mol. The van der Waals surface area contributed by atoms with Crippen LogP contribution in [0.4, 0.5) is 4.79 Å². The van der Waals surface area contributed by atoms with Crippen LogP contribution in [0.25, 0.3) is 11.0 Å². The third-order valence-corrected chi connectivity index (χ3v) is 5.36. The molecule has 174 valence electrons. The van der Waals surface area contributed by atoms with Gasteiger partial charge < -0.3 is 23.6 Å². The van der Waals surface area contributed by atoms with Gasteiger partial charge in [-0.2, -0.15) is 4.98 Å². The maximum atomic E-state index is 12.1. The molecule has 1 aliphatic rings. The molecule has 9 heteroatoms. The zero-order chi connectivity index (χ0) is 23.4. The molecule has 4 rings (SSSR count). The van der Waals surface area contributed by atoms with Crippen LogP contribution in [0.2, 0.25) is 0 Å². The van der Waals surface area contributed by atoms with Crippen LogP contribution in [0, 0.1) is 6.92 Å². The Hall–Kier alpha value is -3.62. The Morgan fingerprint density at radius 3 is 2.64 bits per heavy atom. The molecule has 3 aromatic rings. The van der Waals surface area contributed by atoms with E-state index in [0.29, 0.717) is 54.7 Å². The third-order valence-electron chi connectivity index (χ3n) is 5.36. The molecule has 1 saturated heterocycles. The molecular formula is C24H28N4O5. The van der Waals surface area contributed by atoms with Crippen molar-refractivity contribution in [3.05, 3.63) is 48.0 Å². The number of carbonyl (C=O) groups is 1. The first-order valence-corrected chi connectivity index (χ1v) is 11.0. The van der Waals surface area contributed by atoms with Gasteiger partial charge in [0.1, 0.15) is 23.7 Å². The van der Waals surface area contributed by atoms with E-state index in [4.69, 9.17) is 18.7 Å². The average Bonchev–Trinajstić information content (AvgIpc) is 3.24. The van der Waals surface area contributed by atoms with E-state index in [-0.39, 0.29) is 18.3 Å². The third kappa shape index (κ3) is 5.42. The standard InChI is InChI=1S/C24H28N4O5/c1-15(2)30-24(29)28-11-9-19(10-12-28)31-22-16(3)23(26-14-25-22)33-27-17(4)21-13-18-7-5-6-8-20(18)32-21/h5-8,13-15,19H,9-12H2,1-4H3/b27-17-. The highest BCUT2D eigenvalue weighted by Crippen LogP contribution is 2.26. The van der Waals surface area contributed by atoms with Gasteiger partial charge in [-0.3, -0.25) is 0 Å². The number of furan rings is 1. The lowest BCUT2D eigenvalue weighted by atomic mass is 10.1. The lowest BCUT2D eigenvalue weighted by Gasteiger charge is -2.31. The van der Waals surface area contributed by atoms with Gasteiger partial charge >= 0.3 is 6.09 Å². The Bertz CT molecular complexity index is 1120. The van der Waals surface area contributed by atoms with E-state index < -0.39 is 0 Å². The number of ether oxygens (including phenoxy) is 2. The van der Waals surface area contributed by atoms with Crippen LogP contribution < -0.4 is 9.57 Å². The predicted octanol–water partition coefficient (Wildman–Crippen LogP) is 4.72. The van der Waals surface area contributed by atoms with E-state index in [1.807, 2.05) is 58.0 Å². The highest BCUT2D eigenvalue weighted by Gasteiger charge is 2.26. The number of amides is 1. The van der Waals surface area contributed by atoms with Crippen molar-refractivity contribution in [1.82, 2.24) is 14.9 Å². The summed E-state index contributed by atoms with van der Waals surface area (Å²) in [7, 11) is 0. The van der Waals surface area contributed by atoms with Crippen molar-refractivity contribution >= 4 is 22.8 Å². The van der Waals surface area contributed by atoms with Crippen LogP contribution >= 0.6 is 0 Å². The molecule has 0 spiro atoms. The number of nitrogens with zero attached hydrogens (tertiary/aromatic N) is 4. The number of rotatable bonds is 6. The van der Waals surface area contributed by atoms with Crippen LogP contribution in [0.3, 0.4) is 0 Å². The summed E-state index contributed by atoms with van der Waals surface area (Å²) < 4.78 is 17.2. The van der Waals surface area contributed by atoms with Crippen LogP contribution in [0.1, 0.15) is 44.9 Å². The maximum absolute atomic E-state index is 12.1.